The lowest BCUT2D eigenvalue weighted by Gasteiger charge is -2.21. The van der Waals surface area contributed by atoms with E-state index in [2.05, 4.69) is 113 Å². The molecule has 0 spiro atoms. The van der Waals surface area contributed by atoms with Crippen LogP contribution in [0.15, 0.2) is 97.2 Å². The highest BCUT2D eigenvalue weighted by atomic mass is 31.2. The Balaban J connectivity index is 5.41. The largest absolute Gasteiger partial charge is 0.472 e. The van der Waals surface area contributed by atoms with Crippen LogP contribution in [0.5, 0.6) is 0 Å². The number of hydrogen-bond acceptors (Lipinski definition) is 15. The maximum Gasteiger partial charge on any atom is 0.472 e. The van der Waals surface area contributed by atoms with Crippen LogP contribution in [-0.4, -0.2) is 96.7 Å². The third-order valence-corrected chi connectivity index (χ3v) is 19.4. The molecule has 0 aliphatic rings. The highest BCUT2D eigenvalue weighted by Gasteiger charge is 2.30. The van der Waals surface area contributed by atoms with Crippen LogP contribution in [0, 0.1) is 0 Å². The first-order valence-corrected chi connectivity index (χ1v) is 44.5. The third-order valence-electron chi connectivity index (χ3n) is 17.5. The van der Waals surface area contributed by atoms with E-state index in [0.29, 0.717) is 32.1 Å². The van der Waals surface area contributed by atoms with Crippen molar-refractivity contribution in [1.82, 2.24) is 0 Å². The van der Waals surface area contributed by atoms with Crippen molar-refractivity contribution in [2.75, 3.05) is 39.6 Å². The van der Waals surface area contributed by atoms with E-state index in [1.54, 1.807) is 0 Å². The Bertz CT molecular complexity index is 2350. The number of hydrogen-bond donors (Lipinski definition) is 3. The number of aliphatic hydroxyl groups is 1. The number of rotatable bonds is 78. The van der Waals surface area contributed by atoms with E-state index in [1.165, 1.54) is 109 Å². The summed E-state index contributed by atoms with van der Waals surface area (Å²) in [6.07, 6.45) is 82.4. The monoisotopic (exact) mass is 1510 g/mol. The minimum absolute atomic E-state index is 0.0380. The van der Waals surface area contributed by atoms with Gasteiger partial charge < -0.3 is 33.8 Å². The van der Waals surface area contributed by atoms with E-state index < -0.39 is 97.5 Å². The molecule has 5 atom stereocenters. The Labute approximate surface area is 633 Å². The number of phosphoric ester groups is 2. The fraction of sp³-hybridized carbons (Fsp3) is 0.765. The molecule has 0 radical (unpaired) electrons. The van der Waals surface area contributed by atoms with Gasteiger partial charge in [0.25, 0.3) is 0 Å². The maximum atomic E-state index is 13.1. The average molecular weight is 1510 g/mol. The van der Waals surface area contributed by atoms with Gasteiger partial charge in [-0.05, 0) is 141 Å². The van der Waals surface area contributed by atoms with E-state index in [1.807, 2.05) is 12.2 Å². The molecular weight excluding hydrogens is 1350 g/mol. The zero-order valence-electron chi connectivity index (χ0n) is 65.9. The predicted octanol–water partition coefficient (Wildman–Crippen LogP) is 24.3. The number of aliphatic hydroxyl groups excluding tert-OH is 1. The molecule has 0 heterocycles. The van der Waals surface area contributed by atoms with Gasteiger partial charge in [-0.1, -0.05) is 292 Å². The van der Waals surface area contributed by atoms with Gasteiger partial charge in [-0.25, -0.2) is 9.13 Å². The molecule has 0 aliphatic heterocycles. The third kappa shape index (κ3) is 76.2. The van der Waals surface area contributed by atoms with Crippen molar-refractivity contribution in [3.8, 4) is 0 Å². The summed E-state index contributed by atoms with van der Waals surface area (Å²) in [5.41, 5.74) is 0. The van der Waals surface area contributed by atoms with Crippen LogP contribution < -0.4 is 0 Å². The van der Waals surface area contributed by atoms with Crippen LogP contribution in [0.2, 0.25) is 0 Å². The van der Waals surface area contributed by atoms with E-state index in [4.69, 9.17) is 37.0 Å². The van der Waals surface area contributed by atoms with Crippen LogP contribution in [0.25, 0.3) is 0 Å². The highest BCUT2D eigenvalue weighted by molar-refractivity contribution is 7.47. The summed E-state index contributed by atoms with van der Waals surface area (Å²) in [4.78, 5) is 73.1. The predicted molar refractivity (Wildman–Crippen MR) is 427 cm³/mol. The zero-order valence-corrected chi connectivity index (χ0v) is 67.7. The summed E-state index contributed by atoms with van der Waals surface area (Å²) in [5.74, 6) is -2.26. The van der Waals surface area contributed by atoms with Gasteiger partial charge in [-0.2, -0.15) is 0 Å². The molecule has 0 fully saturated rings. The smallest absolute Gasteiger partial charge is 0.462 e. The van der Waals surface area contributed by atoms with Crippen LogP contribution in [0.1, 0.15) is 362 Å². The number of carbonyl (C=O) groups is 4. The van der Waals surface area contributed by atoms with Gasteiger partial charge >= 0.3 is 39.5 Å². The Kier molecular flexibility index (Phi) is 74.2. The first-order chi connectivity index (χ1) is 50.7. The van der Waals surface area contributed by atoms with Gasteiger partial charge in [0.15, 0.2) is 12.2 Å². The minimum atomic E-state index is -4.99. The van der Waals surface area contributed by atoms with E-state index >= 15 is 0 Å². The lowest BCUT2D eigenvalue weighted by molar-refractivity contribution is -0.161. The maximum absolute atomic E-state index is 13.1. The Morgan fingerprint density at radius 1 is 0.269 bits per heavy atom. The molecule has 2 unspecified atom stereocenters. The second-order valence-corrected chi connectivity index (χ2v) is 30.6. The number of esters is 4. The molecule has 0 bridgehead atoms. The Morgan fingerprint density at radius 2 is 0.490 bits per heavy atom. The molecule has 0 aromatic heterocycles. The normalized spacial score (nSPS) is 14.3. The van der Waals surface area contributed by atoms with Crippen molar-refractivity contribution in [3.05, 3.63) is 97.2 Å². The molecule has 0 saturated heterocycles. The van der Waals surface area contributed by atoms with Crippen LogP contribution in [0.3, 0.4) is 0 Å². The summed E-state index contributed by atoms with van der Waals surface area (Å²) in [6.45, 7) is 4.77. The number of carbonyl (C=O) groups excluding carboxylic acids is 4. The molecular formula is C85H150O17P2. The first-order valence-electron chi connectivity index (χ1n) is 41.5. The molecule has 0 rings (SSSR count). The van der Waals surface area contributed by atoms with E-state index in [0.717, 1.165) is 167 Å². The highest BCUT2D eigenvalue weighted by Crippen LogP contribution is 2.45. The Morgan fingerprint density at radius 3 is 0.808 bits per heavy atom. The van der Waals surface area contributed by atoms with Gasteiger partial charge in [0, 0.05) is 25.7 Å². The van der Waals surface area contributed by atoms with Crippen molar-refractivity contribution in [1.29, 1.82) is 0 Å². The average Bonchev–Trinajstić information content (AvgIpc) is 0.918. The van der Waals surface area contributed by atoms with E-state index in [9.17, 15) is 43.2 Å². The van der Waals surface area contributed by atoms with Gasteiger partial charge in [0.05, 0.1) is 26.4 Å². The molecule has 0 aromatic carbocycles. The molecule has 602 valence electrons. The van der Waals surface area contributed by atoms with Gasteiger partial charge in [0.2, 0.25) is 0 Å². The van der Waals surface area contributed by atoms with Crippen molar-refractivity contribution in [3.63, 3.8) is 0 Å². The minimum Gasteiger partial charge on any atom is -0.462 e. The summed E-state index contributed by atoms with van der Waals surface area (Å²) in [7, 11) is -9.98. The van der Waals surface area contributed by atoms with Crippen molar-refractivity contribution < 1.29 is 80.2 Å². The molecule has 17 nitrogen and oxygen atoms in total. The molecule has 0 amide bonds. The van der Waals surface area contributed by atoms with Gasteiger partial charge in [-0.15, -0.1) is 0 Å². The SMILES string of the molecule is CCCCC/C=C\C/C=C\C/C=C\C/C=C\C/C=C\CCC(=O)OC[C@H](COP(=O)(O)OC[C@@H](O)COP(=O)(O)OC[C@@H](COC(=O)CCCCCCCCC/C=C\CCCCCC)OC(=O)CCCCCCCCC/C=C\CCCCCC)OC(=O)CCCCCCCCC/C=C\CCCCCC. The molecule has 19 heteroatoms. The lowest BCUT2D eigenvalue weighted by atomic mass is 10.1. The Hall–Kier alpha value is -4.02. The first kappa shape index (κ1) is 100.0. The summed E-state index contributed by atoms with van der Waals surface area (Å²) < 4.78 is 68.6. The number of unbranched alkanes of at least 4 members (excludes halogenated alkanes) is 36. The molecule has 0 aliphatic carbocycles. The van der Waals surface area contributed by atoms with Crippen LogP contribution >= 0.6 is 15.6 Å². The van der Waals surface area contributed by atoms with Crippen molar-refractivity contribution in [2.24, 2.45) is 0 Å². The number of phosphoric acid groups is 2. The zero-order chi connectivity index (χ0) is 76.0. The fourth-order valence-electron chi connectivity index (χ4n) is 11.1. The molecule has 0 saturated carbocycles. The van der Waals surface area contributed by atoms with E-state index in [-0.39, 0.29) is 25.7 Å². The number of ether oxygens (including phenoxy) is 4. The fourth-order valence-corrected chi connectivity index (χ4v) is 12.7. The van der Waals surface area contributed by atoms with Crippen LogP contribution in [-0.2, 0) is 65.4 Å². The summed E-state index contributed by atoms with van der Waals surface area (Å²) in [5, 5.41) is 10.7. The molecule has 104 heavy (non-hydrogen) atoms. The summed E-state index contributed by atoms with van der Waals surface area (Å²) >= 11 is 0. The van der Waals surface area contributed by atoms with Crippen molar-refractivity contribution >= 4 is 39.5 Å². The van der Waals surface area contributed by atoms with Gasteiger partial charge in [0.1, 0.15) is 19.3 Å². The van der Waals surface area contributed by atoms with Gasteiger partial charge in [-0.3, -0.25) is 37.3 Å². The molecule has 3 N–H and O–H groups in total. The molecule has 0 aromatic rings. The number of allylic oxidation sites excluding steroid dienone is 16. The standard InChI is InChI=1S/C85H150O17P2/c1-5-9-13-17-21-25-29-33-37-38-39-40-44-46-50-54-58-62-66-70-83(88)96-76-81(102-85(90)72-68-64-60-56-52-48-43-36-32-28-24-20-16-12-8-4)78-100-104(93,94)98-74-79(86)73-97-103(91,92)99-77-80(101-84(89)71-67-63-59-55-51-47-42-35-31-27-23-19-15-11-7-3)75-95-82(87)69-65-61-57-53-49-45-41-34-30-26-22-18-14-10-6-2/h21,25-28,30-33,37,39-40,46,50,58,62,79-81,86H,5-20,22-24,29,34-36,38,41-45,47-49,51-57,59-61,63-78H2,1-4H3,(H,91,92)(H,93,94)/b25-21-,30-26-,31-27-,32-28-,37-33-,40-39-,50-46-,62-58-/t79-,80+,81+/m0/s1. The second-order valence-electron chi connectivity index (χ2n) is 27.7. The van der Waals surface area contributed by atoms with Crippen LogP contribution in [0.4, 0.5) is 0 Å². The van der Waals surface area contributed by atoms with Crippen molar-refractivity contribution in [2.45, 2.75) is 380 Å². The quantitative estimate of drug-likeness (QED) is 0.0169. The summed E-state index contributed by atoms with van der Waals surface area (Å²) in [6, 6.07) is 0. The second kappa shape index (κ2) is 77.1. The lowest BCUT2D eigenvalue weighted by Crippen LogP contribution is -2.30. The topological polar surface area (TPSA) is 237 Å².